The second-order valence-electron chi connectivity index (χ2n) is 6.58. The Balaban J connectivity index is 1.90. The van der Waals surface area contributed by atoms with Crippen LogP contribution in [-0.2, 0) is 26.5 Å². The second kappa shape index (κ2) is 8.94. The minimum Gasteiger partial charge on any atom is -0.495 e. The van der Waals surface area contributed by atoms with Gasteiger partial charge in [-0.05, 0) is 66.6 Å². The van der Waals surface area contributed by atoms with Gasteiger partial charge in [0.15, 0.2) is 0 Å². The number of sulfonamides is 2. The number of nitrogens with one attached hydrogen (secondary N) is 2. The van der Waals surface area contributed by atoms with Crippen molar-refractivity contribution < 1.29 is 26.0 Å². The van der Waals surface area contributed by atoms with E-state index < -0.39 is 25.9 Å². The Morgan fingerprint density at radius 1 is 0.806 bits per heavy atom. The van der Waals surface area contributed by atoms with E-state index in [0.717, 1.165) is 36.2 Å². The van der Waals surface area contributed by atoms with E-state index in [-0.39, 0.29) is 26.9 Å². The summed E-state index contributed by atoms with van der Waals surface area (Å²) in [5.74, 6) is -0.388. The molecule has 31 heavy (non-hydrogen) atoms. The highest BCUT2D eigenvalue weighted by Gasteiger charge is 2.19. The van der Waals surface area contributed by atoms with Crippen LogP contribution < -0.4 is 14.2 Å². The maximum atomic E-state index is 13.1. The molecule has 0 unspecified atom stereocenters. The summed E-state index contributed by atoms with van der Waals surface area (Å²) in [5.41, 5.74) is 1.16. The fraction of sp³-hybridized carbons (Fsp3) is 0.143. The van der Waals surface area contributed by atoms with Gasteiger partial charge in [0.1, 0.15) is 11.6 Å². The molecule has 3 rings (SSSR count). The molecule has 0 amide bonds. The van der Waals surface area contributed by atoms with Crippen LogP contribution in [0.2, 0.25) is 0 Å². The summed E-state index contributed by atoms with van der Waals surface area (Å²) in [4.78, 5) is -0.0769. The van der Waals surface area contributed by atoms with E-state index in [1.807, 2.05) is 6.92 Å². The van der Waals surface area contributed by atoms with Gasteiger partial charge < -0.3 is 4.74 Å². The SMILES string of the molecule is CCc1ccc(S(=O)(=O)Nc2ccc(OC)c(NS(=O)(=O)c3ccc(F)cc3)c2)cc1. The predicted octanol–water partition coefficient (Wildman–Crippen LogP) is 4.00. The third kappa shape index (κ3) is 5.33. The van der Waals surface area contributed by atoms with E-state index in [4.69, 9.17) is 4.74 Å². The Morgan fingerprint density at radius 3 is 1.90 bits per heavy atom. The normalized spacial score (nSPS) is 11.7. The number of methoxy groups -OCH3 is 1. The van der Waals surface area contributed by atoms with Crippen LogP contribution in [0.25, 0.3) is 0 Å². The largest absolute Gasteiger partial charge is 0.495 e. The first-order valence-corrected chi connectivity index (χ1v) is 12.2. The van der Waals surface area contributed by atoms with Gasteiger partial charge in [0.25, 0.3) is 20.0 Å². The molecule has 0 saturated carbocycles. The molecule has 0 radical (unpaired) electrons. The van der Waals surface area contributed by atoms with Crippen molar-refractivity contribution in [1.82, 2.24) is 0 Å². The molecule has 0 aliphatic rings. The van der Waals surface area contributed by atoms with Gasteiger partial charge in [-0.3, -0.25) is 9.44 Å². The van der Waals surface area contributed by atoms with Gasteiger partial charge in [-0.2, -0.15) is 0 Å². The Bertz CT molecular complexity index is 1270. The van der Waals surface area contributed by atoms with E-state index in [9.17, 15) is 21.2 Å². The van der Waals surface area contributed by atoms with Crippen molar-refractivity contribution in [2.45, 2.75) is 23.1 Å². The lowest BCUT2D eigenvalue weighted by Gasteiger charge is -2.15. The monoisotopic (exact) mass is 464 g/mol. The molecule has 10 heteroatoms. The minimum absolute atomic E-state index is 0.0216. The first kappa shape index (κ1) is 22.6. The third-order valence-electron chi connectivity index (χ3n) is 4.46. The van der Waals surface area contributed by atoms with Gasteiger partial charge in [0.05, 0.1) is 28.3 Å². The van der Waals surface area contributed by atoms with Crippen LogP contribution in [0.3, 0.4) is 0 Å². The summed E-state index contributed by atoms with van der Waals surface area (Å²) < 4.78 is 73.7. The van der Waals surface area contributed by atoms with Crippen LogP contribution in [0, 0.1) is 5.82 Å². The van der Waals surface area contributed by atoms with Crippen LogP contribution >= 0.6 is 0 Å². The lowest BCUT2D eigenvalue weighted by atomic mass is 10.2. The Kier molecular flexibility index (Phi) is 6.51. The van der Waals surface area contributed by atoms with E-state index >= 15 is 0 Å². The molecule has 0 fully saturated rings. The number of anilines is 2. The quantitative estimate of drug-likeness (QED) is 0.525. The van der Waals surface area contributed by atoms with Crippen molar-refractivity contribution in [3.8, 4) is 5.75 Å². The van der Waals surface area contributed by atoms with E-state index in [1.54, 1.807) is 12.1 Å². The topological polar surface area (TPSA) is 102 Å². The molecule has 3 aromatic carbocycles. The average molecular weight is 465 g/mol. The van der Waals surface area contributed by atoms with Crippen LogP contribution in [0.15, 0.2) is 76.5 Å². The summed E-state index contributed by atoms with van der Waals surface area (Å²) in [6, 6.07) is 14.9. The lowest BCUT2D eigenvalue weighted by Crippen LogP contribution is -2.15. The van der Waals surface area contributed by atoms with Gasteiger partial charge >= 0.3 is 0 Å². The van der Waals surface area contributed by atoms with Gasteiger partial charge in [0, 0.05) is 0 Å². The molecule has 7 nitrogen and oxygen atoms in total. The second-order valence-corrected chi connectivity index (χ2v) is 9.94. The van der Waals surface area contributed by atoms with Crippen molar-refractivity contribution in [2.24, 2.45) is 0 Å². The van der Waals surface area contributed by atoms with Gasteiger partial charge in [-0.25, -0.2) is 21.2 Å². The zero-order valence-electron chi connectivity index (χ0n) is 16.8. The summed E-state index contributed by atoms with van der Waals surface area (Å²) >= 11 is 0. The van der Waals surface area contributed by atoms with Gasteiger partial charge in [-0.1, -0.05) is 19.1 Å². The molecule has 0 aliphatic carbocycles. The number of benzene rings is 3. The van der Waals surface area contributed by atoms with Gasteiger partial charge in [0.2, 0.25) is 0 Å². The standard InChI is InChI=1S/C21H21FN2O5S2/c1-3-15-4-9-18(10-5-15)30(25,26)23-17-8-13-21(29-2)20(14-17)24-31(27,28)19-11-6-16(22)7-12-19/h4-14,23-24H,3H2,1-2H3. The zero-order valence-corrected chi connectivity index (χ0v) is 18.4. The first-order valence-electron chi connectivity index (χ1n) is 9.23. The summed E-state index contributed by atoms with van der Waals surface area (Å²) in [6.07, 6.45) is 0.782. The predicted molar refractivity (Wildman–Crippen MR) is 117 cm³/mol. The van der Waals surface area contributed by atoms with Crippen molar-refractivity contribution in [2.75, 3.05) is 16.6 Å². The van der Waals surface area contributed by atoms with E-state index in [2.05, 4.69) is 9.44 Å². The number of hydrogen-bond donors (Lipinski definition) is 2. The highest BCUT2D eigenvalue weighted by Crippen LogP contribution is 2.31. The molecule has 0 aliphatic heterocycles. The summed E-state index contributed by atoms with van der Waals surface area (Å²) in [5, 5.41) is 0. The number of hydrogen-bond acceptors (Lipinski definition) is 5. The molecule has 0 aromatic heterocycles. The molecule has 0 spiro atoms. The Labute approximate surface area is 181 Å². The van der Waals surface area contributed by atoms with Gasteiger partial charge in [-0.15, -0.1) is 0 Å². The summed E-state index contributed by atoms with van der Waals surface area (Å²) in [6.45, 7) is 1.97. The van der Waals surface area contributed by atoms with E-state index in [0.29, 0.717) is 0 Å². The molecule has 0 saturated heterocycles. The number of aryl methyl sites for hydroxylation is 1. The van der Waals surface area contributed by atoms with Crippen molar-refractivity contribution in [3.05, 3.63) is 78.1 Å². The first-order chi connectivity index (χ1) is 14.6. The van der Waals surface area contributed by atoms with Crippen LogP contribution in [0.1, 0.15) is 12.5 Å². The van der Waals surface area contributed by atoms with Crippen molar-refractivity contribution in [3.63, 3.8) is 0 Å². The maximum absolute atomic E-state index is 13.1. The number of ether oxygens (including phenoxy) is 1. The number of rotatable bonds is 8. The molecule has 0 atom stereocenters. The summed E-state index contributed by atoms with van der Waals surface area (Å²) in [7, 11) is -6.59. The highest BCUT2D eigenvalue weighted by atomic mass is 32.2. The fourth-order valence-corrected chi connectivity index (χ4v) is 4.90. The zero-order chi connectivity index (χ0) is 22.6. The minimum atomic E-state index is -4.06. The fourth-order valence-electron chi connectivity index (χ4n) is 2.79. The highest BCUT2D eigenvalue weighted by molar-refractivity contribution is 7.93. The Hall–Kier alpha value is -3.11. The third-order valence-corrected chi connectivity index (χ3v) is 7.24. The molecular formula is C21H21FN2O5S2. The van der Waals surface area contributed by atoms with Crippen LogP contribution in [-0.4, -0.2) is 23.9 Å². The van der Waals surface area contributed by atoms with Crippen LogP contribution in [0.5, 0.6) is 5.75 Å². The Morgan fingerprint density at radius 2 is 1.35 bits per heavy atom. The lowest BCUT2D eigenvalue weighted by molar-refractivity contribution is 0.417. The molecule has 2 N–H and O–H groups in total. The molecule has 0 bridgehead atoms. The van der Waals surface area contributed by atoms with Crippen molar-refractivity contribution >= 4 is 31.4 Å². The number of halogens is 1. The maximum Gasteiger partial charge on any atom is 0.262 e. The average Bonchev–Trinajstić information content (AvgIpc) is 2.74. The molecular weight excluding hydrogens is 443 g/mol. The van der Waals surface area contributed by atoms with Crippen molar-refractivity contribution in [1.29, 1.82) is 0 Å². The molecule has 3 aromatic rings. The molecule has 0 heterocycles. The molecule has 164 valence electrons. The smallest absolute Gasteiger partial charge is 0.262 e. The van der Waals surface area contributed by atoms with E-state index in [1.165, 1.54) is 37.4 Å². The van der Waals surface area contributed by atoms with Crippen LogP contribution in [0.4, 0.5) is 15.8 Å².